The number of nitrogens with two attached hydrogens (primary N) is 1. The van der Waals surface area contributed by atoms with E-state index in [9.17, 15) is 8.42 Å². The predicted molar refractivity (Wildman–Crippen MR) is 97.4 cm³/mol. The predicted octanol–water partition coefficient (Wildman–Crippen LogP) is 1.97. The van der Waals surface area contributed by atoms with E-state index >= 15 is 0 Å². The van der Waals surface area contributed by atoms with Crippen LogP contribution in [0.5, 0.6) is 0 Å². The smallest absolute Gasteiger partial charge is 0.169 e. The van der Waals surface area contributed by atoms with Crippen LogP contribution in [-0.4, -0.2) is 49.3 Å². The number of nitrogens with zero attached hydrogens (tertiary/aromatic N) is 1. The SMILES string of the molecule is CSc1cccc(N2CCSCC2S(C)(=O)=O)c1C(N)=S. The van der Waals surface area contributed by atoms with Crippen LogP contribution >= 0.6 is 35.7 Å². The van der Waals surface area contributed by atoms with Gasteiger partial charge in [0.1, 0.15) is 10.4 Å². The van der Waals surface area contributed by atoms with Crippen molar-refractivity contribution in [1.29, 1.82) is 0 Å². The van der Waals surface area contributed by atoms with Crippen LogP contribution in [0.25, 0.3) is 0 Å². The summed E-state index contributed by atoms with van der Waals surface area (Å²) in [5.74, 6) is 1.46. The third kappa shape index (κ3) is 3.67. The Morgan fingerprint density at radius 2 is 2.24 bits per heavy atom. The molecule has 4 nitrogen and oxygen atoms in total. The standard InChI is InChI=1S/C13H18N2O2S4/c1-19-10-5-3-4-9(12(10)13(14)18)15-6-7-20-8-11(15)21(2,16)17/h3-5,11H,6-8H2,1-2H3,(H2,14,18). The maximum absolute atomic E-state index is 12.1. The topological polar surface area (TPSA) is 63.4 Å². The molecule has 0 spiro atoms. The molecule has 2 N–H and O–H groups in total. The van der Waals surface area contributed by atoms with Gasteiger partial charge in [-0.25, -0.2) is 8.42 Å². The molecule has 0 aliphatic carbocycles. The van der Waals surface area contributed by atoms with Crippen LogP contribution in [-0.2, 0) is 9.84 Å². The summed E-state index contributed by atoms with van der Waals surface area (Å²) in [6.45, 7) is 0.676. The Kier molecular flexibility index (Phi) is 5.45. The molecule has 0 amide bonds. The Morgan fingerprint density at radius 1 is 1.52 bits per heavy atom. The number of anilines is 1. The Bertz CT molecular complexity index is 646. The monoisotopic (exact) mass is 362 g/mol. The van der Waals surface area contributed by atoms with Gasteiger partial charge in [0.25, 0.3) is 0 Å². The summed E-state index contributed by atoms with van der Waals surface area (Å²) in [5.41, 5.74) is 7.49. The quantitative estimate of drug-likeness (QED) is 0.649. The van der Waals surface area contributed by atoms with Crippen LogP contribution in [0.15, 0.2) is 23.1 Å². The van der Waals surface area contributed by atoms with Crippen molar-refractivity contribution in [1.82, 2.24) is 0 Å². The summed E-state index contributed by atoms with van der Waals surface area (Å²) in [7, 11) is -3.17. The van der Waals surface area contributed by atoms with Crippen LogP contribution in [0.2, 0.25) is 0 Å². The number of thioether (sulfide) groups is 2. The lowest BCUT2D eigenvalue weighted by molar-refractivity contribution is 0.584. The molecule has 1 aliphatic rings. The highest BCUT2D eigenvalue weighted by Gasteiger charge is 2.33. The molecule has 1 heterocycles. The van der Waals surface area contributed by atoms with Gasteiger partial charge in [0.05, 0.1) is 0 Å². The van der Waals surface area contributed by atoms with Crippen molar-refractivity contribution in [3.63, 3.8) is 0 Å². The van der Waals surface area contributed by atoms with Crippen molar-refractivity contribution in [2.24, 2.45) is 5.73 Å². The first-order chi connectivity index (χ1) is 9.86. The molecular formula is C13H18N2O2S4. The summed E-state index contributed by atoms with van der Waals surface area (Å²) in [6.07, 6.45) is 3.25. The maximum Gasteiger partial charge on any atom is 0.169 e. The van der Waals surface area contributed by atoms with E-state index in [1.165, 1.54) is 6.26 Å². The van der Waals surface area contributed by atoms with Gasteiger partial charge in [-0.3, -0.25) is 0 Å². The first-order valence-electron chi connectivity index (χ1n) is 6.36. The summed E-state index contributed by atoms with van der Waals surface area (Å²) < 4.78 is 24.2. The van der Waals surface area contributed by atoms with Gasteiger partial charge in [-0.15, -0.1) is 11.8 Å². The van der Waals surface area contributed by atoms with E-state index in [1.807, 2.05) is 29.4 Å². The van der Waals surface area contributed by atoms with Gasteiger partial charge in [-0.2, -0.15) is 11.8 Å². The molecule has 1 aromatic carbocycles. The molecule has 1 atom stereocenters. The molecule has 1 aliphatic heterocycles. The minimum Gasteiger partial charge on any atom is -0.389 e. The maximum atomic E-state index is 12.1. The van der Waals surface area contributed by atoms with Crippen molar-refractivity contribution >= 4 is 56.3 Å². The lowest BCUT2D eigenvalue weighted by Crippen LogP contribution is -2.47. The second kappa shape index (κ2) is 6.76. The fourth-order valence-corrected chi connectivity index (χ4v) is 6.13. The number of rotatable bonds is 4. The highest BCUT2D eigenvalue weighted by atomic mass is 32.2. The molecule has 21 heavy (non-hydrogen) atoms. The lowest BCUT2D eigenvalue weighted by Gasteiger charge is -2.37. The number of hydrogen-bond donors (Lipinski definition) is 1. The first kappa shape index (κ1) is 16.9. The van der Waals surface area contributed by atoms with Gasteiger partial charge in [0, 0.05) is 40.5 Å². The molecule has 1 saturated heterocycles. The van der Waals surface area contributed by atoms with Crippen molar-refractivity contribution in [3.05, 3.63) is 23.8 Å². The second-order valence-corrected chi connectivity index (χ2v) is 9.41. The highest BCUT2D eigenvalue weighted by Crippen LogP contribution is 2.34. The summed E-state index contributed by atoms with van der Waals surface area (Å²) in [5, 5.41) is -0.526. The minimum absolute atomic E-state index is 0.306. The van der Waals surface area contributed by atoms with Gasteiger partial charge >= 0.3 is 0 Å². The molecule has 1 fully saturated rings. The van der Waals surface area contributed by atoms with Gasteiger partial charge in [0.15, 0.2) is 9.84 Å². The van der Waals surface area contributed by atoms with Crippen LogP contribution in [0.1, 0.15) is 5.56 Å². The fraction of sp³-hybridized carbons (Fsp3) is 0.462. The fourth-order valence-electron chi connectivity index (χ4n) is 2.39. The third-order valence-corrected chi connectivity index (χ3v) is 6.99. The zero-order chi connectivity index (χ0) is 15.6. The van der Waals surface area contributed by atoms with Gasteiger partial charge in [-0.05, 0) is 18.4 Å². The molecule has 116 valence electrons. The normalized spacial score (nSPS) is 19.5. The zero-order valence-corrected chi connectivity index (χ0v) is 15.2. The van der Waals surface area contributed by atoms with Crippen molar-refractivity contribution in [2.75, 3.05) is 35.5 Å². The number of benzene rings is 1. The number of thiocarbonyl (C=S) groups is 1. The molecule has 8 heteroatoms. The average molecular weight is 363 g/mol. The molecule has 1 unspecified atom stereocenters. The van der Waals surface area contributed by atoms with Crippen LogP contribution in [0, 0.1) is 0 Å². The molecule has 0 saturated carbocycles. The second-order valence-electron chi connectivity index (χ2n) is 4.77. The van der Waals surface area contributed by atoms with Crippen molar-refractivity contribution < 1.29 is 8.42 Å². The third-order valence-electron chi connectivity index (χ3n) is 3.36. The van der Waals surface area contributed by atoms with Gasteiger partial charge < -0.3 is 10.6 Å². The Hall–Kier alpha value is -0.440. The molecule has 2 rings (SSSR count). The van der Waals surface area contributed by atoms with E-state index in [1.54, 1.807) is 23.5 Å². The van der Waals surface area contributed by atoms with E-state index in [4.69, 9.17) is 18.0 Å². The van der Waals surface area contributed by atoms with E-state index in [0.29, 0.717) is 17.3 Å². The minimum atomic E-state index is -3.17. The van der Waals surface area contributed by atoms with E-state index in [2.05, 4.69) is 0 Å². The Balaban J connectivity index is 2.56. The number of sulfone groups is 1. The molecule has 1 aromatic rings. The number of hydrogen-bond acceptors (Lipinski definition) is 6. The lowest BCUT2D eigenvalue weighted by atomic mass is 10.1. The van der Waals surface area contributed by atoms with Crippen molar-refractivity contribution in [2.45, 2.75) is 10.3 Å². The van der Waals surface area contributed by atoms with Crippen LogP contribution < -0.4 is 10.6 Å². The van der Waals surface area contributed by atoms with Crippen LogP contribution in [0.3, 0.4) is 0 Å². The van der Waals surface area contributed by atoms with E-state index < -0.39 is 15.2 Å². The Labute approximate surface area is 139 Å². The summed E-state index contributed by atoms with van der Waals surface area (Å²) >= 11 is 8.41. The molecule has 0 radical (unpaired) electrons. The Morgan fingerprint density at radius 3 is 2.81 bits per heavy atom. The van der Waals surface area contributed by atoms with Gasteiger partial charge in [0.2, 0.25) is 0 Å². The highest BCUT2D eigenvalue weighted by molar-refractivity contribution is 8.01. The average Bonchev–Trinajstić information content (AvgIpc) is 2.45. The first-order valence-corrected chi connectivity index (χ1v) is 11.1. The van der Waals surface area contributed by atoms with E-state index in [-0.39, 0.29) is 0 Å². The summed E-state index contributed by atoms with van der Waals surface area (Å²) in [4.78, 5) is 3.21. The van der Waals surface area contributed by atoms with Gasteiger partial charge in [-0.1, -0.05) is 18.3 Å². The van der Waals surface area contributed by atoms with E-state index in [0.717, 1.165) is 21.9 Å². The zero-order valence-electron chi connectivity index (χ0n) is 11.9. The molecule has 0 bridgehead atoms. The largest absolute Gasteiger partial charge is 0.389 e. The molecule has 0 aromatic heterocycles. The van der Waals surface area contributed by atoms with Crippen molar-refractivity contribution in [3.8, 4) is 0 Å². The molecular weight excluding hydrogens is 344 g/mol. The summed E-state index contributed by atoms with van der Waals surface area (Å²) in [6, 6.07) is 5.78. The van der Waals surface area contributed by atoms with Crippen LogP contribution in [0.4, 0.5) is 5.69 Å².